The molecule has 0 aromatic rings. The normalized spacial score (nSPS) is 18.8. The van der Waals surface area contributed by atoms with E-state index in [-0.39, 0.29) is 35.9 Å². The van der Waals surface area contributed by atoms with Crippen molar-refractivity contribution in [2.45, 2.75) is 53.0 Å². The van der Waals surface area contributed by atoms with Crippen LogP contribution < -0.4 is 5.32 Å². The summed E-state index contributed by atoms with van der Waals surface area (Å²) in [5.74, 6) is 1.24. The SMILES string of the molecule is CCN(C(=O)CC(C)C1CCNCC1)C(C)CS(=O)(=O)CC.Cl. The summed E-state index contributed by atoms with van der Waals surface area (Å²) < 4.78 is 23.6. The highest BCUT2D eigenvalue weighted by molar-refractivity contribution is 7.91. The molecule has 0 saturated carbocycles. The van der Waals surface area contributed by atoms with Crippen LogP contribution in [0.3, 0.4) is 0 Å². The van der Waals surface area contributed by atoms with Crippen LogP contribution in [0.25, 0.3) is 0 Å². The fourth-order valence-corrected chi connectivity index (χ4v) is 4.43. The average molecular weight is 369 g/mol. The zero-order valence-corrected chi connectivity index (χ0v) is 16.5. The minimum Gasteiger partial charge on any atom is -0.339 e. The molecular weight excluding hydrogens is 336 g/mol. The lowest BCUT2D eigenvalue weighted by atomic mass is 9.84. The van der Waals surface area contributed by atoms with Crippen molar-refractivity contribution in [3.05, 3.63) is 0 Å². The van der Waals surface area contributed by atoms with Crippen molar-refractivity contribution in [3.63, 3.8) is 0 Å². The summed E-state index contributed by atoms with van der Waals surface area (Å²) >= 11 is 0. The van der Waals surface area contributed by atoms with Crippen LogP contribution in [0.4, 0.5) is 0 Å². The molecule has 1 amide bonds. The Hall–Kier alpha value is -0.330. The second kappa shape index (κ2) is 10.5. The molecule has 1 fully saturated rings. The van der Waals surface area contributed by atoms with Crippen molar-refractivity contribution >= 4 is 28.2 Å². The molecule has 1 saturated heterocycles. The van der Waals surface area contributed by atoms with Crippen LogP contribution in [0, 0.1) is 11.8 Å². The highest BCUT2D eigenvalue weighted by Crippen LogP contribution is 2.25. The van der Waals surface area contributed by atoms with Gasteiger partial charge in [0.05, 0.1) is 5.75 Å². The van der Waals surface area contributed by atoms with Crippen LogP contribution in [0.1, 0.15) is 47.0 Å². The Morgan fingerprint density at radius 3 is 2.26 bits per heavy atom. The molecule has 1 rings (SSSR count). The first-order chi connectivity index (χ1) is 10.3. The van der Waals surface area contributed by atoms with E-state index >= 15 is 0 Å². The number of nitrogens with zero attached hydrogens (tertiary/aromatic N) is 1. The van der Waals surface area contributed by atoms with Crippen LogP contribution in [0.5, 0.6) is 0 Å². The average Bonchev–Trinajstić information content (AvgIpc) is 2.48. The highest BCUT2D eigenvalue weighted by Gasteiger charge is 2.27. The van der Waals surface area contributed by atoms with Gasteiger partial charge >= 0.3 is 0 Å². The molecule has 2 atom stereocenters. The number of amides is 1. The molecular formula is C16H33ClN2O3S. The van der Waals surface area contributed by atoms with Gasteiger partial charge in [0.25, 0.3) is 0 Å². The van der Waals surface area contributed by atoms with Crippen molar-refractivity contribution in [1.82, 2.24) is 10.2 Å². The molecule has 7 heteroatoms. The van der Waals surface area contributed by atoms with E-state index in [4.69, 9.17) is 0 Å². The Bertz CT molecular complexity index is 450. The number of carbonyl (C=O) groups is 1. The molecule has 1 heterocycles. The van der Waals surface area contributed by atoms with Gasteiger partial charge in [0, 0.05) is 24.8 Å². The standard InChI is InChI=1S/C16H32N2O3S.ClH/c1-5-18(14(4)12-22(20,21)6-2)16(19)11-13(3)15-7-9-17-10-8-15;/h13-15,17H,5-12H2,1-4H3;1H. The molecule has 1 aliphatic rings. The number of halogens is 1. The van der Waals surface area contributed by atoms with Crippen molar-refractivity contribution in [3.8, 4) is 0 Å². The fraction of sp³-hybridized carbons (Fsp3) is 0.938. The minimum absolute atomic E-state index is 0. The summed E-state index contributed by atoms with van der Waals surface area (Å²) in [6.07, 6.45) is 2.77. The third-order valence-electron chi connectivity index (χ3n) is 4.81. The predicted molar refractivity (Wildman–Crippen MR) is 97.8 cm³/mol. The molecule has 0 aromatic heterocycles. The quantitative estimate of drug-likeness (QED) is 0.712. The third kappa shape index (κ3) is 7.40. The van der Waals surface area contributed by atoms with Gasteiger partial charge in [-0.1, -0.05) is 13.8 Å². The largest absolute Gasteiger partial charge is 0.339 e. The summed E-state index contributed by atoms with van der Waals surface area (Å²) in [4.78, 5) is 14.3. The van der Waals surface area contributed by atoms with Gasteiger partial charge in [0.2, 0.25) is 5.91 Å². The Morgan fingerprint density at radius 2 is 1.78 bits per heavy atom. The topological polar surface area (TPSA) is 66.5 Å². The fourth-order valence-electron chi connectivity index (χ4n) is 3.28. The Labute approximate surface area is 147 Å². The van der Waals surface area contributed by atoms with E-state index in [0.29, 0.717) is 24.8 Å². The van der Waals surface area contributed by atoms with Crippen molar-refractivity contribution in [2.75, 3.05) is 31.1 Å². The molecule has 5 nitrogen and oxygen atoms in total. The smallest absolute Gasteiger partial charge is 0.223 e. The Morgan fingerprint density at radius 1 is 1.22 bits per heavy atom. The number of hydrogen-bond donors (Lipinski definition) is 1. The van der Waals surface area contributed by atoms with E-state index in [1.54, 1.807) is 11.8 Å². The highest BCUT2D eigenvalue weighted by atomic mass is 35.5. The first-order valence-corrected chi connectivity index (χ1v) is 10.3. The lowest BCUT2D eigenvalue weighted by molar-refractivity contribution is -0.133. The van der Waals surface area contributed by atoms with E-state index in [9.17, 15) is 13.2 Å². The molecule has 1 N–H and O–H groups in total. The van der Waals surface area contributed by atoms with Gasteiger partial charge in [-0.2, -0.15) is 0 Å². The summed E-state index contributed by atoms with van der Waals surface area (Å²) in [6.45, 7) is 10.2. The van der Waals surface area contributed by atoms with Gasteiger partial charge in [-0.25, -0.2) is 8.42 Å². The molecule has 2 unspecified atom stereocenters. The first kappa shape index (κ1) is 22.7. The lowest BCUT2D eigenvalue weighted by Crippen LogP contribution is -2.43. The monoisotopic (exact) mass is 368 g/mol. The molecule has 1 aliphatic heterocycles. The van der Waals surface area contributed by atoms with Gasteiger partial charge in [0.15, 0.2) is 9.84 Å². The summed E-state index contributed by atoms with van der Waals surface area (Å²) in [7, 11) is -3.06. The number of piperidine rings is 1. The maximum Gasteiger partial charge on any atom is 0.223 e. The number of rotatable bonds is 8. The maximum atomic E-state index is 12.6. The van der Waals surface area contributed by atoms with Crippen LogP contribution in [0.15, 0.2) is 0 Å². The van der Waals surface area contributed by atoms with Crippen LogP contribution in [0.2, 0.25) is 0 Å². The van der Waals surface area contributed by atoms with Gasteiger partial charge in [-0.15, -0.1) is 12.4 Å². The van der Waals surface area contributed by atoms with E-state index < -0.39 is 9.84 Å². The Kier molecular flexibility index (Phi) is 10.4. The number of carbonyl (C=O) groups excluding carboxylic acids is 1. The minimum atomic E-state index is -3.06. The molecule has 0 aromatic carbocycles. The number of nitrogens with one attached hydrogen (secondary N) is 1. The second-order valence-electron chi connectivity index (χ2n) is 6.50. The third-order valence-corrected chi connectivity index (χ3v) is 6.68. The summed E-state index contributed by atoms with van der Waals surface area (Å²) in [5, 5.41) is 3.35. The Balaban J connectivity index is 0.00000484. The van der Waals surface area contributed by atoms with Gasteiger partial charge in [0.1, 0.15) is 0 Å². The molecule has 23 heavy (non-hydrogen) atoms. The van der Waals surface area contributed by atoms with Crippen LogP contribution >= 0.6 is 12.4 Å². The van der Waals surface area contributed by atoms with Crippen molar-refractivity contribution in [1.29, 1.82) is 0 Å². The van der Waals surface area contributed by atoms with Gasteiger partial charge in [-0.3, -0.25) is 4.79 Å². The van der Waals surface area contributed by atoms with Crippen LogP contribution in [-0.2, 0) is 14.6 Å². The molecule has 0 spiro atoms. The maximum absolute atomic E-state index is 12.6. The van der Waals surface area contributed by atoms with E-state index in [1.807, 2.05) is 13.8 Å². The van der Waals surface area contributed by atoms with Gasteiger partial charge in [-0.05, 0) is 51.6 Å². The van der Waals surface area contributed by atoms with Gasteiger partial charge < -0.3 is 10.2 Å². The molecule has 0 radical (unpaired) electrons. The molecule has 0 aliphatic carbocycles. The lowest BCUT2D eigenvalue weighted by Gasteiger charge is -2.32. The van der Waals surface area contributed by atoms with E-state index in [0.717, 1.165) is 25.9 Å². The van der Waals surface area contributed by atoms with Crippen molar-refractivity contribution < 1.29 is 13.2 Å². The zero-order valence-electron chi connectivity index (χ0n) is 14.9. The van der Waals surface area contributed by atoms with E-state index in [1.165, 1.54) is 0 Å². The van der Waals surface area contributed by atoms with E-state index in [2.05, 4.69) is 12.2 Å². The zero-order chi connectivity index (χ0) is 16.8. The predicted octanol–water partition coefficient (Wildman–Crippen LogP) is 2.11. The first-order valence-electron chi connectivity index (χ1n) is 8.51. The van der Waals surface area contributed by atoms with Crippen molar-refractivity contribution in [2.24, 2.45) is 11.8 Å². The number of hydrogen-bond acceptors (Lipinski definition) is 4. The second-order valence-corrected chi connectivity index (χ2v) is 8.89. The molecule has 138 valence electrons. The van der Waals surface area contributed by atoms with Crippen LogP contribution in [-0.4, -0.2) is 56.4 Å². The number of sulfone groups is 1. The summed E-state index contributed by atoms with van der Waals surface area (Å²) in [6, 6.07) is -0.248. The molecule has 0 bridgehead atoms. The summed E-state index contributed by atoms with van der Waals surface area (Å²) in [5.41, 5.74) is 0.